The van der Waals surface area contributed by atoms with Gasteiger partial charge >= 0.3 is 0 Å². The van der Waals surface area contributed by atoms with Gasteiger partial charge in [0, 0.05) is 43.7 Å². The first-order valence-electron chi connectivity index (χ1n) is 8.63. The largest absolute Gasteiger partial charge is 0.338 e. The quantitative estimate of drug-likeness (QED) is 0.488. The molecule has 0 spiro atoms. The topological polar surface area (TPSA) is 87.5 Å². The van der Waals surface area contributed by atoms with Crippen molar-refractivity contribution >= 4 is 17.9 Å². The fraction of sp³-hybridized carbons (Fsp3) is 0.316. The lowest BCUT2D eigenvalue weighted by atomic mass is 9.96. The summed E-state index contributed by atoms with van der Waals surface area (Å²) in [5.74, 6) is -0.277. The van der Waals surface area contributed by atoms with E-state index < -0.39 is 5.91 Å². The van der Waals surface area contributed by atoms with E-state index in [1.807, 2.05) is 27.8 Å². The molecule has 7 nitrogen and oxygen atoms in total. The molecule has 2 N–H and O–H groups in total. The Balaban J connectivity index is 1.72. The van der Waals surface area contributed by atoms with Gasteiger partial charge in [-0.15, -0.1) is 0 Å². The molecule has 1 aromatic heterocycles. The van der Waals surface area contributed by atoms with Gasteiger partial charge < -0.3 is 9.47 Å². The molecule has 2 heterocycles. The van der Waals surface area contributed by atoms with E-state index in [0.29, 0.717) is 23.6 Å². The Morgan fingerprint density at radius 1 is 1.35 bits per heavy atom. The molecule has 136 valence electrons. The molecule has 2 aromatic rings. The number of hydrogen-bond donors (Lipinski definition) is 2. The van der Waals surface area contributed by atoms with Crippen LogP contribution in [-0.4, -0.2) is 44.6 Å². The van der Waals surface area contributed by atoms with Crippen LogP contribution in [0.4, 0.5) is 0 Å². The Morgan fingerprint density at radius 2 is 2.19 bits per heavy atom. The lowest BCUT2D eigenvalue weighted by Crippen LogP contribution is -2.41. The fourth-order valence-electron chi connectivity index (χ4n) is 3.30. The van der Waals surface area contributed by atoms with Crippen LogP contribution in [0.15, 0.2) is 49.1 Å². The van der Waals surface area contributed by atoms with E-state index in [1.54, 1.807) is 30.1 Å². The minimum Gasteiger partial charge on any atom is -0.338 e. The van der Waals surface area contributed by atoms with Crippen molar-refractivity contribution in [3.8, 4) is 0 Å². The number of benzene rings is 1. The van der Waals surface area contributed by atoms with Crippen molar-refractivity contribution in [2.75, 3.05) is 13.1 Å². The molecule has 1 aliphatic heterocycles. The Hall–Kier alpha value is -2.93. The van der Waals surface area contributed by atoms with Crippen LogP contribution < -0.4 is 5.48 Å². The molecule has 0 saturated carbocycles. The molecule has 0 bridgehead atoms. The van der Waals surface area contributed by atoms with Crippen LogP contribution >= 0.6 is 0 Å². The van der Waals surface area contributed by atoms with Crippen molar-refractivity contribution in [3.05, 3.63) is 60.2 Å². The Kier molecular flexibility index (Phi) is 5.80. The van der Waals surface area contributed by atoms with Crippen LogP contribution in [0.1, 0.15) is 28.8 Å². The minimum absolute atomic E-state index is 0.0370. The van der Waals surface area contributed by atoms with E-state index in [-0.39, 0.29) is 5.91 Å². The number of imidazole rings is 1. The third kappa shape index (κ3) is 4.37. The highest BCUT2D eigenvalue weighted by molar-refractivity contribution is 5.99. The van der Waals surface area contributed by atoms with Gasteiger partial charge in [-0.05, 0) is 36.5 Å². The zero-order valence-corrected chi connectivity index (χ0v) is 14.4. The highest BCUT2D eigenvalue weighted by Crippen LogP contribution is 2.22. The summed E-state index contributed by atoms with van der Waals surface area (Å²) in [6, 6.07) is 7.16. The summed E-state index contributed by atoms with van der Waals surface area (Å²) < 4.78 is 2.04. The van der Waals surface area contributed by atoms with Crippen molar-refractivity contribution in [3.63, 3.8) is 0 Å². The Bertz CT molecular complexity index is 786. The third-order valence-corrected chi connectivity index (χ3v) is 4.55. The summed E-state index contributed by atoms with van der Waals surface area (Å²) in [5.41, 5.74) is 2.75. The number of likely N-dealkylation sites (tertiary alicyclic amines) is 1. The Labute approximate surface area is 151 Å². The number of nitrogens with one attached hydrogen (secondary N) is 1. The zero-order chi connectivity index (χ0) is 18.4. The number of piperidine rings is 1. The van der Waals surface area contributed by atoms with Gasteiger partial charge in [0.2, 0.25) is 0 Å². The number of rotatable bonds is 5. The average Bonchev–Trinajstić information content (AvgIpc) is 3.19. The maximum atomic E-state index is 13.0. The lowest BCUT2D eigenvalue weighted by molar-refractivity contribution is -0.124. The van der Waals surface area contributed by atoms with Crippen molar-refractivity contribution in [2.45, 2.75) is 19.4 Å². The maximum absolute atomic E-state index is 13.0. The lowest BCUT2D eigenvalue weighted by Gasteiger charge is -2.33. The van der Waals surface area contributed by atoms with E-state index in [4.69, 9.17) is 5.21 Å². The standard InChI is InChI=1S/C19H22N4O3/c24-18(21-26)8-7-16-5-1-2-6-17(16)19(25)23-10-3-4-15(13-23)12-22-11-9-20-14-22/h1-2,5-9,11,14-15,26H,3-4,10,12-13H2,(H,21,24)/t15-/m1/s1. The van der Waals surface area contributed by atoms with Crippen molar-refractivity contribution in [2.24, 2.45) is 5.92 Å². The van der Waals surface area contributed by atoms with Crippen LogP contribution in [-0.2, 0) is 11.3 Å². The molecule has 1 atom stereocenters. The molecule has 1 saturated heterocycles. The van der Waals surface area contributed by atoms with Crippen LogP contribution in [0.3, 0.4) is 0 Å². The van der Waals surface area contributed by atoms with Gasteiger partial charge in [-0.25, -0.2) is 10.5 Å². The van der Waals surface area contributed by atoms with E-state index in [2.05, 4.69) is 4.98 Å². The maximum Gasteiger partial charge on any atom is 0.267 e. The second-order valence-corrected chi connectivity index (χ2v) is 6.42. The van der Waals surface area contributed by atoms with Gasteiger partial charge in [0.25, 0.3) is 11.8 Å². The van der Waals surface area contributed by atoms with Gasteiger partial charge in [0.15, 0.2) is 0 Å². The van der Waals surface area contributed by atoms with Crippen molar-refractivity contribution < 1.29 is 14.8 Å². The number of amides is 2. The van der Waals surface area contributed by atoms with E-state index in [1.165, 1.54) is 12.2 Å². The molecular formula is C19H22N4O3. The van der Waals surface area contributed by atoms with Gasteiger partial charge in [0.1, 0.15) is 0 Å². The second kappa shape index (κ2) is 8.44. The highest BCUT2D eigenvalue weighted by Gasteiger charge is 2.25. The normalized spacial score (nSPS) is 17.4. The number of hydroxylamine groups is 1. The fourth-order valence-corrected chi connectivity index (χ4v) is 3.30. The first-order valence-corrected chi connectivity index (χ1v) is 8.63. The number of hydrogen-bond acceptors (Lipinski definition) is 4. The van der Waals surface area contributed by atoms with Gasteiger partial charge in [-0.3, -0.25) is 14.8 Å². The molecule has 0 aliphatic carbocycles. The van der Waals surface area contributed by atoms with E-state index >= 15 is 0 Å². The van der Waals surface area contributed by atoms with Crippen molar-refractivity contribution in [1.82, 2.24) is 19.9 Å². The number of aromatic nitrogens is 2. The van der Waals surface area contributed by atoms with Gasteiger partial charge in [0.05, 0.1) is 6.33 Å². The molecular weight excluding hydrogens is 332 g/mol. The monoisotopic (exact) mass is 354 g/mol. The minimum atomic E-state index is -0.634. The summed E-state index contributed by atoms with van der Waals surface area (Å²) in [4.78, 5) is 30.2. The molecule has 26 heavy (non-hydrogen) atoms. The van der Waals surface area contributed by atoms with Crippen LogP contribution in [0.25, 0.3) is 6.08 Å². The molecule has 1 fully saturated rings. The average molecular weight is 354 g/mol. The number of carbonyl (C=O) groups excluding carboxylic acids is 2. The molecule has 1 aromatic carbocycles. The predicted octanol–water partition coefficient (Wildman–Crippen LogP) is 1.95. The molecule has 7 heteroatoms. The third-order valence-electron chi connectivity index (χ3n) is 4.55. The number of nitrogens with zero attached hydrogens (tertiary/aromatic N) is 3. The predicted molar refractivity (Wildman–Crippen MR) is 96.3 cm³/mol. The molecule has 0 radical (unpaired) electrons. The van der Waals surface area contributed by atoms with Crippen LogP contribution in [0.2, 0.25) is 0 Å². The van der Waals surface area contributed by atoms with E-state index in [0.717, 1.165) is 25.9 Å². The number of carbonyl (C=O) groups is 2. The SMILES string of the molecule is O=C(C=Cc1ccccc1C(=O)N1CCC[C@H](Cn2ccnc2)C1)NO. The second-order valence-electron chi connectivity index (χ2n) is 6.42. The van der Waals surface area contributed by atoms with E-state index in [9.17, 15) is 9.59 Å². The highest BCUT2D eigenvalue weighted by atomic mass is 16.5. The summed E-state index contributed by atoms with van der Waals surface area (Å²) >= 11 is 0. The van der Waals surface area contributed by atoms with Gasteiger partial charge in [-0.2, -0.15) is 0 Å². The Morgan fingerprint density at radius 3 is 2.96 bits per heavy atom. The van der Waals surface area contributed by atoms with Crippen LogP contribution in [0, 0.1) is 5.92 Å². The smallest absolute Gasteiger partial charge is 0.267 e. The first kappa shape index (κ1) is 17.9. The van der Waals surface area contributed by atoms with Crippen molar-refractivity contribution in [1.29, 1.82) is 0 Å². The summed E-state index contributed by atoms with van der Waals surface area (Å²) in [6.07, 6.45) is 10.3. The first-order chi connectivity index (χ1) is 12.7. The zero-order valence-electron chi connectivity index (χ0n) is 14.4. The summed E-state index contributed by atoms with van der Waals surface area (Å²) in [6.45, 7) is 2.28. The summed E-state index contributed by atoms with van der Waals surface area (Å²) in [7, 11) is 0. The summed E-state index contributed by atoms with van der Waals surface area (Å²) in [5, 5.41) is 8.60. The molecule has 3 rings (SSSR count). The molecule has 1 aliphatic rings. The van der Waals surface area contributed by atoms with Crippen LogP contribution in [0.5, 0.6) is 0 Å². The van der Waals surface area contributed by atoms with Gasteiger partial charge in [-0.1, -0.05) is 18.2 Å². The molecule has 0 unspecified atom stereocenters. The molecule has 2 amide bonds.